The van der Waals surface area contributed by atoms with Gasteiger partial charge in [-0.1, -0.05) is 38.1 Å². The van der Waals surface area contributed by atoms with Crippen molar-refractivity contribution in [1.29, 1.82) is 0 Å². The minimum Gasteiger partial charge on any atom is -0.475 e. The number of rotatable bonds is 3. The zero-order valence-corrected chi connectivity index (χ0v) is 20.5. The van der Waals surface area contributed by atoms with Gasteiger partial charge in [-0.3, -0.25) is 0 Å². The van der Waals surface area contributed by atoms with Gasteiger partial charge in [0.05, 0.1) is 16.1 Å². The largest absolute Gasteiger partial charge is 0.475 e. The summed E-state index contributed by atoms with van der Waals surface area (Å²) in [7, 11) is -3.90. The molecule has 0 fully saturated rings. The molecule has 0 saturated carbocycles. The van der Waals surface area contributed by atoms with E-state index in [0.717, 1.165) is 23.1 Å². The summed E-state index contributed by atoms with van der Waals surface area (Å²) in [5.74, 6) is 0.703. The fourth-order valence-electron chi connectivity index (χ4n) is 4.44. The SMILES string of the molecule is Cc1cccc(C)c1-c1cc2nc(n1)NS(=O)(=O)c1cccc(c1)NC(C)(CC(C)C)CO2. The summed E-state index contributed by atoms with van der Waals surface area (Å²) in [6, 6.07) is 14.5. The van der Waals surface area contributed by atoms with Gasteiger partial charge in [-0.25, -0.2) is 18.1 Å². The Labute approximate surface area is 195 Å². The molecule has 4 rings (SSSR count). The molecule has 4 bridgehead atoms. The first kappa shape index (κ1) is 23.0. The van der Waals surface area contributed by atoms with Crippen LogP contribution >= 0.6 is 0 Å². The van der Waals surface area contributed by atoms with Crippen molar-refractivity contribution in [2.45, 2.75) is 51.5 Å². The Balaban J connectivity index is 1.88. The van der Waals surface area contributed by atoms with Gasteiger partial charge in [0, 0.05) is 17.3 Å². The average molecular weight is 467 g/mol. The summed E-state index contributed by atoms with van der Waals surface area (Å²) < 4.78 is 35.0. The number of sulfonamides is 1. The maximum atomic E-state index is 13.1. The van der Waals surface area contributed by atoms with Crippen molar-refractivity contribution >= 4 is 21.7 Å². The van der Waals surface area contributed by atoms with Crippen molar-refractivity contribution in [3.8, 4) is 17.1 Å². The van der Waals surface area contributed by atoms with Gasteiger partial charge in [-0.05, 0) is 62.4 Å². The van der Waals surface area contributed by atoms with Crippen LogP contribution in [0.2, 0.25) is 0 Å². The van der Waals surface area contributed by atoms with Crippen LogP contribution in [0.1, 0.15) is 38.3 Å². The molecule has 0 amide bonds. The quantitative estimate of drug-likeness (QED) is 0.553. The lowest BCUT2D eigenvalue weighted by Crippen LogP contribution is -2.42. The molecule has 8 heteroatoms. The van der Waals surface area contributed by atoms with Crippen molar-refractivity contribution in [3.05, 3.63) is 59.7 Å². The number of aryl methyl sites for hydroxylation is 2. The molecular weight excluding hydrogens is 436 g/mol. The number of hydrogen-bond donors (Lipinski definition) is 2. The van der Waals surface area contributed by atoms with E-state index in [0.29, 0.717) is 29.8 Å². The molecule has 0 aliphatic carbocycles. The highest BCUT2D eigenvalue weighted by Gasteiger charge is 2.29. The molecule has 3 aromatic rings. The van der Waals surface area contributed by atoms with Gasteiger partial charge >= 0.3 is 0 Å². The smallest absolute Gasteiger partial charge is 0.264 e. The van der Waals surface area contributed by atoms with E-state index in [1.165, 1.54) is 0 Å². The van der Waals surface area contributed by atoms with Crippen molar-refractivity contribution in [2.24, 2.45) is 5.92 Å². The van der Waals surface area contributed by atoms with Gasteiger partial charge in [0.15, 0.2) is 0 Å². The second-order valence-corrected chi connectivity index (χ2v) is 11.1. The highest BCUT2D eigenvalue weighted by molar-refractivity contribution is 7.92. The normalized spacial score (nSPS) is 19.5. The first-order valence-corrected chi connectivity index (χ1v) is 12.5. The molecule has 1 aliphatic rings. The van der Waals surface area contributed by atoms with Gasteiger partial charge in [0.25, 0.3) is 10.0 Å². The summed E-state index contributed by atoms with van der Waals surface area (Å²) in [4.78, 5) is 9.07. The maximum Gasteiger partial charge on any atom is 0.264 e. The van der Waals surface area contributed by atoms with Gasteiger partial charge in [-0.15, -0.1) is 0 Å². The van der Waals surface area contributed by atoms with Crippen LogP contribution in [0.25, 0.3) is 11.3 Å². The van der Waals surface area contributed by atoms with Crippen molar-refractivity contribution in [2.75, 3.05) is 16.6 Å². The highest BCUT2D eigenvalue weighted by Crippen LogP contribution is 2.31. The minimum absolute atomic E-state index is 0.0188. The Bertz CT molecular complexity index is 1270. The Morgan fingerprint density at radius 3 is 2.45 bits per heavy atom. The Hall–Kier alpha value is -3.13. The Morgan fingerprint density at radius 1 is 1.06 bits per heavy atom. The van der Waals surface area contributed by atoms with Gasteiger partial charge in [0.2, 0.25) is 11.8 Å². The molecule has 0 spiro atoms. The highest BCUT2D eigenvalue weighted by atomic mass is 32.2. The van der Waals surface area contributed by atoms with E-state index in [1.54, 1.807) is 24.3 Å². The van der Waals surface area contributed by atoms with Crippen LogP contribution in [0.5, 0.6) is 5.88 Å². The van der Waals surface area contributed by atoms with Crippen LogP contribution in [-0.4, -0.2) is 30.5 Å². The van der Waals surface area contributed by atoms with E-state index in [-0.39, 0.29) is 10.8 Å². The number of anilines is 2. The average Bonchev–Trinajstić information content (AvgIpc) is 2.71. The molecule has 1 atom stereocenters. The van der Waals surface area contributed by atoms with Crippen LogP contribution in [0.3, 0.4) is 0 Å². The number of benzene rings is 2. The van der Waals surface area contributed by atoms with Gasteiger partial charge in [-0.2, -0.15) is 4.98 Å². The van der Waals surface area contributed by atoms with E-state index in [1.807, 2.05) is 38.1 Å². The van der Waals surface area contributed by atoms with Crippen molar-refractivity contribution in [1.82, 2.24) is 9.97 Å². The summed E-state index contributed by atoms with van der Waals surface area (Å²) in [5.41, 5.74) is 3.89. The second-order valence-electron chi connectivity index (χ2n) is 9.39. The van der Waals surface area contributed by atoms with E-state index in [9.17, 15) is 8.42 Å². The lowest BCUT2D eigenvalue weighted by atomic mass is 9.91. The molecule has 1 unspecified atom stereocenters. The van der Waals surface area contributed by atoms with Crippen LogP contribution in [0.4, 0.5) is 11.6 Å². The predicted octanol–water partition coefficient (Wildman–Crippen LogP) is 5.17. The summed E-state index contributed by atoms with van der Waals surface area (Å²) >= 11 is 0. The van der Waals surface area contributed by atoms with Crippen molar-refractivity contribution < 1.29 is 13.2 Å². The monoisotopic (exact) mass is 466 g/mol. The number of nitrogens with one attached hydrogen (secondary N) is 2. The van der Waals surface area contributed by atoms with Crippen LogP contribution in [0, 0.1) is 19.8 Å². The Morgan fingerprint density at radius 2 is 1.76 bits per heavy atom. The third kappa shape index (κ3) is 5.11. The zero-order chi connectivity index (χ0) is 23.8. The third-order valence-corrected chi connectivity index (χ3v) is 6.98. The zero-order valence-electron chi connectivity index (χ0n) is 19.6. The fourth-order valence-corrected chi connectivity index (χ4v) is 5.43. The molecule has 7 nitrogen and oxygen atoms in total. The summed E-state index contributed by atoms with van der Waals surface area (Å²) in [6.07, 6.45) is 0.823. The van der Waals surface area contributed by atoms with E-state index >= 15 is 0 Å². The second kappa shape index (κ2) is 8.67. The number of fused-ring (bicyclic) bond motifs is 4. The minimum atomic E-state index is -3.90. The number of aromatic nitrogens is 2. The molecule has 33 heavy (non-hydrogen) atoms. The van der Waals surface area contributed by atoms with E-state index in [4.69, 9.17) is 4.74 Å². The van der Waals surface area contributed by atoms with E-state index in [2.05, 4.69) is 40.8 Å². The Kier molecular flexibility index (Phi) is 6.05. The van der Waals surface area contributed by atoms with Gasteiger partial charge < -0.3 is 10.1 Å². The van der Waals surface area contributed by atoms with Crippen molar-refractivity contribution in [3.63, 3.8) is 0 Å². The van der Waals surface area contributed by atoms with Crippen LogP contribution in [-0.2, 0) is 10.0 Å². The first-order chi connectivity index (χ1) is 15.5. The summed E-state index contributed by atoms with van der Waals surface area (Å²) in [5, 5.41) is 3.49. The molecular formula is C25H30N4O3S. The molecule has 174 valence electrons. The number of hydrogen-bond acceptors (Lipinski definition) is 6. The number of ether oxygens (including phenoxy) is 1. The lowest BCUT2D eigenvalue weighted by Gasteiger charge is -2.33. The third-order valence-electron chi connectivity index (χ3n) is 5.65. The molecule has 1 aromatic heterocycles. The molecule has 2 N–H and O–H groups in total. The maximum absolute atomic E-state index is 13.1. The molecule has 0 radical (unpaired) electrons. The molecule has 0 saturated heterocycles. The lowest BCUT2D eigenvalue weighted by molar-refractivity contribution is 0.215. The molecule has 2 aromatic carbocycles. The van der Waals surface area contributed by atoms with Gasteiger partial charge in [0.1, 0.15) is 6.61 Å². The van der Waals surface area contributed by atoms with Crippen LogP contribution < -0.4 is 14.8 Å². The molecule has 1 aliphatic heterocycles. The standard InChI is InChI=1S/C25H30N4O3S/c1-16(2)14-25(5)15-32-22-13-21(23-17(3)8-6-9-18(23)4)26-24(27-22)29-33(30,31)20-11-7-10-19(12-20)28-25/h6-13,16,28H,14-15H2,1-5H3,(H,26,27,29). The number of nitrogens with zero attached hydrogens (tertiary/aromatic N) is 2. The predicted molar refractivity (Wildman–Crippen MR) is 131 cm³/mol. The topological polar surface area (TPSA) is 93.2 Å². The summed E-state index contributed by atoms with van der Waals surface area (Å²) in [6.45, 7) is 10.7. The molecule has 2 heterocycles. The first-order valence-electron chi connectivity index (χ1n) is 11.0. The van der Waals surface area contributed by atoms with Crippen LogP contribution in [0.15, 0.2) is 53.4 Å². The van der Waals surface area contributed by atoms with E-state index < -0.39 is 15.6 Å². The fraction of sp³-hybridized carbons (Fsp3) is 0.360.